The van der Waals surface area contributed by atoms with E-state index in [1.807, 2.05) is 26.1 Å². The van der Waals surface area contributed by atoms with Crippen molar-refractivity contribution in [3.8, 4) is 0 Å². The number of pyridine rings is 1. The largest absolute Gasteiger partial charge is 0.444 e. The number of hydrogen-bond acceptors (Lipinski definition) is 5. The molecule has 84 valence electrons. The normalized spacial score (nSPS) is 10.1. The summed E-state index contributed by atoms with van der Waals surface area (Å²) >= 11 is 0. The standard InChI is InChI=1S/C11H14N4O/c1-8-6-15-11(16-8)7-14-9-3-4-13-10(5-9)12-2/h3-6H,7H2,1-2H3,(H2,12,13,14). The van der Waals surface area contributed by atoms with Crippen LogP contribution in [0.1, 0.15) is 11.7 Å². The molecule has 2 heterocycles. The first-order valence-electron chi connectivity index (χ1n) is 5.07. The van der Waals surface area contributed by atoms with Crippen LogP contribution in [0.2, 0.25) is 0 Å². The van der Waals surface area contributed by atoms with Crippen molar-refractivity contribution >= 4 is 11.5 Å². The van der Waals surface area contributed by atoms with Gasteiger partial charge in [0, 0.05) is 25.0 Å². The fourth-order valence-electron chi connectivity index (χ4n) is 1.34. The Morgan fingerprint density at radius 2 is 2.25 bits per heavy atom. The van der Waals surface area contributed by atoms with Gasteiger partial charge in [-0.05, 0) is 13.0 Å². The molecular formula is C11H14N4O. The topological polar surface area (TPSA) is 63.0 Å². The van der Waals surface area contributed by atoms with Crippen molar-refractivity contribution in [2.75, 3.05) is 17.7 Å². The zero-order valence-corrected chi connectivity index (χ0v) is 9.32. The first-order chi connectivity index (χ1) is 7.78. The third-order valence-electron chi connectivity index (χ3n) is 2.13. The summed E-state index contributed by atoms with van der Waals surface area (Å²) in [4.78, 5) is 8.24. The lowest BCUT2D eigenvalue weighted by Gasteiger charge is -2.05. The molecule has 0 fully saturated rings. The van der Waals surface area contributed by atoms with Gasteiger partial charge in [-0.15, -0.1) is 0 Å². The maximum absolute atomic E-state index is 5.36. The number of nitrogens with one attached hydrogen (secondary N) is 2. The molecule has 0 aliphatic carbocycles. The monoisotopic (exact) mass is 218 g/mol. The molecule has 0 aliphatic heterocycles. The number of anilines is 2. The van der Waals surface area contributed by atoms with Crippen molar-refractivity contribution in [1.82, 2.24) is 9.97 Å². The summed E-state index contributed by atoms with van der Waals surface area (Å²) < 4.78 is 5.36. The van der Waals surface area contributed by atoms with Crippen LogP contribution in [0, 0.1) is 6.92 Å². The van der Waals surface area contributed by atoms with Gasteiger partial charge in [-0.25, -0.2) is 9.97 Å². The molecular weight excluding hydrogens is 204 g/mol. The minimum atomic E-state index is 0.570. The van der Waals surface area contributed by atoms with Crippen LogP contribution in [0.4, 0.5) is 11.5 Å². The average Bonchev–Trinajstić information content (AvgIpc) is 2.73. The summed E-state index contributed by atoms with van der Waals surface area (Å²) in [5.74, 6) is 2.33. The van der Waals surface area contributed by atoms with E-state index in [9.17, 15) is 0 Å². The number of hydrogen-bond donors (Lipinski definition) is 2. The summed E-state index contributed by atoms with van der Waals surface area (Å²) in [5, 5.41) is 6.19. The van der Waals surface area contributed by atoms with Crippen molar-refractivity contribution in [2.45, 2.75) is 13.5 Å². The van der Waals surface area contributed by atoms with Gasteiger partial charge in [0.05, 0.1) is 12.7 Å². The van der Waals surface area contributed by atoms with E-state index in [0.717, 1.165) is 17.3 Å². The summed E-state index contributed by atoms with van der Waals surface area (Å²) in [6.45, 7) is 2.45. The summed E-state index contributed by atoms with van der Waals surface area (Å²) in [6.07, 6.45) is 3.46. The van der Waals surface area contributed by atoms with Gasteiger partial charge < -0.3 is 15.1 Å². The van der Waals surface area contributed by atoms with E-state index in [1.165, 1.54) is 0 Å². The predicted octanol–water partition coefficient (Wildman–Crippen LogP) is 2.03. The number of aromatic nitrogens is 2. The molecule has 0 radical (unpaired) electrons. The lowest BCUT2D eigenvalue weighted by molar-refractivity contribution is 0.479. The van der Waals surface area contributed by atoms with Gasteiger partial charge in [0.15, 0.2) is 0 Å². The maximum atomic E-state index is 5.36. The fraction of sp³-hybridized carbons (Fsp3) is 0.273. The summed E-state index contributed by atoms with van der Waals surface area (Å²) in [6, 6.07) is 3.83. The number of aryl methyl sites for hydroxylation is 1. The molecule has 0 spiro atoms. The highest BCUT2D eigenvalue weighted by atomic mass is 16.4. The van der Waals surface area contributed by atoms with E-state index < -0.39 is 0 Å². The van der Waals surface area contributed by atoms with Crippen LogP contribution in [-0.4, -0.2) is 17.0 Å². The first kappa shape index (κ1) is 10.5. The second-order valence-corrected chi connectivity index (χ2v) is 3.40. The van der Waals surface area contributed by atoms with E-state index in [0.29, 0.717) is 12.4 Å². The molecule has 2 rings (SSSR count). The third-order valence-corrected chi connectivity index (χ3v) is 2.13. The predicted molar refractivity (Wildman–Crippen MR) is 62.4 cm³/mol. The van der Waals surface area contributed by atoms with Crippen molar-refractivity contribution in [1.29, 1.82) is 0 Å². The van der Waals surface area contributed by atoms with Crippen LogP contribution < -0.4 is 10.6 Å². The lowest BCUT2D eigenvalue weighted by atomic mass is 10.4. The lowest BCUT2D eigenvalue weighted by Crippen LogP contribution is -2.00. The van der Waals surface area contributed by atoms with Crippen LogP contribution in [0.15, 0.2) is 28.9 Å². The highest BCUT2D eigenvalue weighted by Crippen LogP contribution is 2.12. The smallest absolute Gasteiger partial charge is 0.213 e. The molecule has 0 aliphatic rings. The third kappa shape index (κ3) is 2.50. The Balaban J connectivity index is 1.99. The van der Waals surface area contributed by atoms with Crippen LogP contribution in [0.25, 0.3) is 0 Å². The van der Waals surface area contributed by atoms with Gasteiger partial charge in [0.25, 0.3) is 0 Å². The maximum Gasteiger partial charge on any atom is 0.213 e. The molecule has 5 nitrogen and oxygen atoms in total. The first-order valence-corrected chi connectivity index (χ1v) is 5.07. The Hall–Kier alpha value is -2.04. The second kappa shape index (κ2) is 4.65. The molecule has 0 saturated heterocycles. The highest BCUT2D eigenvalue weighted by Gasteiger charge is 2.00. The Labute approximate surface area is 93.9 Å². The van der Waals surface area contributed by atoms with E-state index >= 15 is 0 Å². The summed E-state index contributed by atoms with van der Waals surface area (Å²) in [5.41, 5.74) is 0.982. The van der Waals surface area contributed by atoms with E-state index in [1.54, 1.807) is 12.4 Å². The SMILES string of the molecule is CNc1cc(NCc2ncc(C)o2)ccn1. The van der Waals surface area contributed by atoms with Gasteiger partial charge in [-0.3, -0.25) is 0 Å². The molecule has 2 N–H and O–H groups in total. The molecule has 5 heteroatoms. The van der Waals surface area contributed by atoms with Crippen molar-refractivity contribution in [3.63, 3.8) is 0 Å². The Morgan fingerprint density at radius 3 is 2.94 bits per heavy atom. The van der Waals surface area contributed by atoms with Crippen LogP contribution in [-0.2, 0) is 6.54 Å². The van der Waals surface area contributed by atoms with Gasteiger partial charge in [-0.2, -0.15) is 0 Å². The Bertz CT molecular complexity index is 467. The average molecular weight is 218 g/mol. The molecule has 0 amide bonds. The Kier molecular flexibility index (Phi) is 3.05. The molecule has 16 heavy (non-hydrogen) atoms. The van der Waals surface area contributed by atoms with E-state index in [2.05, 4.69) is 20.6 Å². The van der Waals surface area contributed by atoms with E-state index in [4.69, 9.17) is 4.42 Å². The molecule has 0 aromatic carbocycles. The second-order valence-electron chi connectivity index (χ2n) is 3.40. The summed E-state index contributed by atoms with van der Waals surface area (Å²) in [7, 11) is 1.84. The van der Waals surface area contributed by atoms with Crippen molar-refractivity contribution in [3.05, 3.63) is 36.2 Å². The van der Waals surface area contributed by atoms with Crippen LogP contribution in [0.3, 0.4) is 0 Å². The van der Waals surface area contributed by atoms with Gasteiger partial charge in [-0.1, -0.05) is 0 Å². The minimum absolute atomic E-state index is 0.570. The number of oxazole rings is 1. The fourth-order valence-corrected chi connectivity index (χ4v) is 1.34. The van der Waals surface area contributed by atoms with Gasteiger partial charge >= 0.3 is 0 Å². The molecule has 0 unspecified atom stereocenters. The van der Waals surface area contributed by atoms with Gasteiger partial charge in [0.1, 0.15) is 11.6 Å². The Morgan fingerprint density at radius 1 is 1.38 bits per heavy atom. The van der Waals surface area contributed by atoms with Gasteiger partial charge in [0.2, 0.25) is 5.89 Å². The molecule has 2 aromatic rings. The highest BCUT2D eigenvalue weighted by molar-refractivity contribution is 5.51. The van der Waals surface area contributed by atoms with Crippen LogP contribution in [0.5, 0.6) is 0 Å². The van der Waals surface area contributed by atoms with E-state index in [-0.39, 0.29) is 0 Å². The van der Waals surface area contributed by atoms with Crippen molar-refractivity contribution < 1.29 is 4.42 Å². The molecule has 0 bridgehead atoms. The molecule has 2 aromatic heterocycles. The zero-order valence-electron chi connectivity index (χ0n) is 9.32. The zero-order chi connectivity index (χ0) is 11.4. The molecule has 0 atom stereocenters. The minimum Gasteiger partial charge on any atom is -0.444 e. The number of rotatable bonds is 4. The number of nitrogens with zero attached hydrogens (tertiary/aromatic N) is 2. The van der Waals surface area contributed by atoms with Crippen molar-refractivity contribution in [2.24, 2.45) is 0 Å². The molecule has 0 saturated carbocycles. The quantitative estimate of drug-likeness (QED) is 0.822. The van der Waals surface area contributed by atoms with Crippen LogP contribution >= 0.6 is 0 Å².